The van der Waals surface area contributed by atoms with Crippen LogP contribution in [0.25, 0.3) is 0 Å². The highest BCUT2D eigenvalue weighted by Crippen LogP contribution is 2.36. The summed E-state index contributed by atoms with van der Waals surface area (Å²) in [6.07, 6.45) is 0. The molecule has 1 N–H and O–H groups in total. The third-order valence-corrected chi connectivity index (χ3v) is 9.55. The number of benzene rings is 2. The van der Waals surface area contributed by atoms with Gasteiger partial charge in [0.05, 0.1) is 18.8 Å². The molecule has 0 aliphatic heterocycles. The summed E-state index contributed by atoms with van der Waals surface area (Å²) in [4.78, 5) is 13.1. The van der Waals surface area contributed by atoms with Gasteiger partial charge in [-0.1, -0.05) is 36.4 Å². The SMILES string of the molecule is CCOC(=O)C(NS(=O)(=O)c1c(Br)c(C)cc(C)c1Br)c1c(C)nn(Cc2ccccc2)c1C. The van der Waals surface area contributed by atoms with Crippen LogP contribution in [0.3, 0.4) is 0 Å². The van der Waals surface area contributed by atoms with Crippen molar-refractivity contribution in [2.75, 3.05) is 6.61 Å². The summed E-state index contributed by atoms with van der Waals surface area (Å²) in [5.41, 5.74) is 4.27. The van der Waals surface area contributed by atoms with Gasteiger partial charge in [0.25, 0.3) is 0 Å². The number of aromatic nitrogens is 2. The molecule has 2 aromatic carbocycles. The second-order valence-corrected chi connectivity index (χ2v) is 11.2. The van der Waals surface area contributed by atoms with Crippen LogP contribution in [-0.4, -0.2) is 30.8 Å². The summed E-state index contributed by atoms with van der Waals surface area (Å²) in [5.74, 6) is -0.687. The average Bonchev–Trinajstić information content (AvgIpc) is 3.04. The smallest absolute Gasteiger partial charge is 0.328 e. The number of halogens is 2. The van der Waals surface area contributed by atoms with Crippen LogP contribution < -0.4 is 4.72 Å². The quantitative estimate of drug-likeness (QED) is 0.350. The normalized spacial score (nSPS) is 12.6. The predicted molar refractivity (Wildman–Crippen MR) is 138 cm³/mol. The Morgan fingerprint density at radius 3 is 2.24 bits per heavy atom. The van der Waals surface area contributed by atoms with Crippen molar-refractivity contribution in [1.82, 2.24) is 14.5 Å². The average molecular weight is 613 g/mol. The fourth-order valence-electron chi connectivity index (χ4n) is 3.85. The first-order chi connectivity index (χ1) is 16.0. The van der Waals surface area contributed by atoms with Gasteiger partial charge in [-0.25, -0.2) is 13.2 Å². The molecule has 1 aromatic heterocycles. The number of esters is 1. The van der Waals surface area contributed by atoms with Gasteiger partial charge in [0.15, 0.2) is 0 Å². The molecule has 0 bridgehead atoms. The molecule has 0 fully saturated rings. The van der Waals surface area contributed by atoms with E-state index in [0.29, 0.717) is 32.4 Å². The van der Waals surface area contributed by atoms with E-state index in [1.54, 1.807) is 18.5 Å². The molecule has 1 heterocycles. The Labute approximate surface area is 217 Å². The number of nitrogens with zero attached hydrogens (tertiary/aromatic N) is 2. The van der Waals surface area contributed by atoms with Crippen molar-refractivity contribution in [2.45, 2.75) is 52.1 Å². The number of carbonyl (C=O) groups is 1. The van der Waals surface area contributed by atoms with Gasteiger partial charge in [0.2, 0.25) is 10.0 Å². The number of aryl methyl sites for hydroxylation is 3. The van der Waals surface area contributed by atoms with Crippen LogP contribution in [-0.2, 0) is 26.1 Å². The molecule has 0 aliphatic rings. The second-order valence-electron chi connectivity index (χ2n) is 8.00. The first kappa shape index (κ1) is 26.6. The molecule has 0 amide bonds. The van der Waals surface area contributed by atoms with Gasteiger partial charge in [0, 0.05) is 20.2 Å². The Kier molecular flexibility index (Phi) is 8.38. The molecule has 1 unspecified atom stereocenters. The Balaban J connectivity index is 2.09. The minimum Gasteiger partial charge on any atom is -0.465 e. The van der Waals surface area contributed by atoms with E-state index in [1.165, 1.54) is 0 Å². The molecule has 0 saturated carbocycles. The zero-order chi connectivity index (χ0) is 25.2. The minimum atomic E-state index is -4.14. The number of sulfonamides is 1. The molecule has 7 nitrogen and oxygen atoms in total. The van der Waals surface area contributed by atoms with Crippen molar-refractivity contribution < 1.29 is 17.9 Å². The lowest BCUT2D eigenvalue weighted by Crippen LogP contribution is -2.36. The van der Waals surface area contributed by atoms with E-state index in [-0.39, 0.29) is 11.5 Å². The van der Waals surface area contributed by atoms with Crippen LogP contribution in [0.5, 0.6) is 0 Å². The molecule has 1 atom stereocenters. The number of nitrogens with one attached hydrogen (secondary N) is 1. The molecular weight excluding hydrogens is 586 g/mol. The third kappa shape index (κ3) is 5.45. The summed E-state index contributed by atoms with van der Waals surface area (Å²) in [7, 11) is -4.14. The highest BCUT2D eigenvalue weighted by atomic mass is 79.9. The first-order valence-corrected chi connectivity index (χ1v) is 13.8. The molecule has 3 rings (SSSR count). The zero-order valence-electron chi connectivity index (χ0n) is 19.6. The predicted octanol–water partition coefficient (Wildman–Crippen LogP) is 5.27. The number of rotatable bonds is 8. The fourth-order valence-corrected chi connectivity index (χ4v) is 7.45. The van der Waals surface area contributed by atoms with Crippen LogP contribution in [0.15, 0.2) is 50.2 Å². The maximum atomic E-state index is 13.6. The van der Waals surface area contributed by atoms with Crippen molar-refractivity contribution >= 4 is 47.9 Å². The van der Waals surface area contributed by atoms with E-state index in [2.05, 4.69) is 41.7 Å². The second kappa shape index (κ2) is 10.7. The Morgan fingerprint density at radius 1 is 1.09 bits per heavy atom. The highest BCUT2D eigenvalue weighted by Gasteiger charge is 2.35. The van der Waals surface area contributed by atoms with E-state index in [0.717, 1.165) is 16.7 Å². The standard InChI is InChI=1S/C24H27Br2N3O4S/c1-6-33-24(30)22(28-34(31,32)23-20(25)14(2)12-15(3)21(23)26)19-16(4)27-29(17(19)5)13-18-10-8-7-9-11-18/h7-12,22,28H,6,13H2,1-5H3. The zero-order valence-corrected chi connectivity index (χ0v) is 23.6. The summed E-state index contributed by atoms with van der Waals surface area (Å²) in [5, 5.41) is 4.59. The molecule has 34 heavy (non-hydrogen) atoms. The maximum absolute atomic E-state index is 13.6. The molecule has 182 valence electrons. The van der Waals surface area contributed by atoms with Gasteiger partial charge in [0.1, 0.15) is 10.9 Å². The molecular formula is C24H27Br2N3O4S. The lowest BCUT2D eigenvalue weighted by Gasteiger charge is -2.20. The summed E-state index contributed by atoms with van der Waals surface area (Å²) < 4.78 is 37.6. The van der Waals surface area contributed by atoms with Crippen LogP contribution in [0, 0.1) is 27.7 Å². The topological polar surface area (TPSA) is 90.3 Å². The number of hydrogen-bond acceptors (Lipinski definition) is 5. The molecule has 3 aromatic rings. The van der Waals surface area contributed by atoms with E-state index < -0.39 is 22.0 Å². The van der Waals surface area contributed by atoms with Crippen molar-refractivity contribution in [3.05, 3.63) is 79.0 Å². The number of hydrogen-bond donors (Lipinski definition) is 1. The van der Waals surface area contributed by atoms with Crippen LogP contribution in [0.4, 0.5) is 0 Å². The summed E-state index contributed by atoms with van der Waals surface area (Å²) in [6.45, 7) is 9.49. The Bertz CT molecular complexity index is 1300. The highest BCUT2D eigenvalue weighted by molar-refractivity contribution is 9.11. The van der Waals surface area contributed by atoms with Gasteiger partial charge in [-0.05, 0) is 83.2 Å². The Morgan fingerprint density at radius 2 is 1.68 bits per heavy atom. The largest absolute Gasteiger partial charge is 0.465 e. The van der Waals surface area contributed by atoms with Crippen LogP contribution >= 0.6 is 31.9 Å². The van der Waals surface area contributed by atoms with Crippen LogP contribution in [0.2, 0.25) is 0 Å². The number of ether oxygens (including phenoxy) is 1. The maximum Gasteiger partial charge on any atom is 0.328 e. The van der Waals surface area contributed by atoms with Gasteiger partial charge in [-0.2, -0.15) is 9.82 Å². The van der Waals surface area contributed by atoms with Gasteiger partial charge in [-0.3, -0.25) is 4.68 Å². The molecule has 10 heteroatoms. The lowest BCUT2D eigenvalue weighted by molar-refractivity contribution is -0.145. The first-order valence-electron chi connectivity index (χ1n) is 10.7. The fraction of sp³-hybridized carbons (Fsp3) is 0.333. The van der Waals surface area contributed by atoms with Crippen molar-refractivity contribution in [3.63, 3.8) is 0 Å². The third-order valence-electron chi connectivity index (χ3n) is 5.49. The van der Waals surface area contributed by atoms with E-state index in [9.17, 15) is 13.2 Å². The summed E-state index contributed by atoms with van der Waals surface area (Å²) in [6, 6.07) is 10.4. The molecule has 0 aliphatic carbocycles. The van der Waals surface area contributed by atoms with Crippen LogP contribution in [0.1, 0.15) is 46.6 Å². The van der Waals surface area contributed by atoms with Crippen molar-refractivity contribution in [3.8, 4) is 0 Å². The van der Waals surface area contributed by atoms with Crippen molar-refractivity contribution in [2.24, 2.45) is 0 Å². The monoisotopic (exact) mass is 611 g/mol. The molecule has 0 radical (unpaired) electrons. The lowest BCUT2D eigenvalue weighted by atomic mass is 10.1. The van der Waals surface area contributed by atoms with E-state index in [4.69, 9.17) is 4.74 Å². The molecule has 0 saturated heterocycles. The van der Waals surface area contributed by atoms with Crippen molar-refractivity contribution in [1.29, 1.82) is 0 Å². The van der Waals surface area contributed by atoms with Gasteiger partial charge < -0.3 is 4.74 Å². The minimum absolute atomic E-state index is 0.0336. The Hall–Kier alpha value is -2.01. The van der Waals surface area contributed by atoms with Gasteiger partial charge in [-0.15, -0.1) is 0 Å². The number of carbonyl (C=O) groups excluding carboxylic acids is 1. The molecule has 0 spiro atoms. The summed E-state index contributed by atoms with van der Waals surface area (Å²) >= 11 is 6.81. The van der Waals surface area contributed by atoms with E-state index >= 15 is 0 Å². The van der Waals surface area contributed by atoms with Gasteiger partial charge >= 0.3 is 5.97 Å². The van der Waals surface area contributed by atoms with E-state index in [1.807, 2.05) is 57.2 Å².